The summed E-state index contributed by atoms with van der Waals surface area (Å²) in [6.07, 6.45) is 0. The third-order valence-electron chi connectivity index (χ3n) is 5.69. The van der Waals surface area contributed by atoms with Crippen LogP contribution >= 0.6 is 0 Å². The third-order valence-corrected chi connectivity index (χ3v) is 5.69. The highest BCUT2D eigenvalue weighted by Gasteiger charge is 2.16. The lowest BCUT2D eigenvalue weighted by Crippen LogP contribution is -2.34. The van der Waals surface area contributed by atoms with E-state index in [1.165, 1.54) is 0 Å². The predicted octanol–water partition coefficient (Wildman–Crippen LogP) is 4.81. The molecule has 0 aromatic heterocycles. The Labute approximate surface area is 196 Å². The minimum Gasteiger partial charge on any atom is -0.508 e. The minimum atomic E-state index is -0.135. The molecule has 6 heteroatoms. The number of rotatable bonds is 11. The Balaban J connectivity index is 1.79. The van der Waals surface area contributed by atoms with E-state index in [1.807, 2.05) is 60.7 Å². The Morgan fingerprint density at radius 2 is 1.61 bits per heavy atom. The number of nitrogens with zero attached hydrogens (tertiary/aromatic N) is 2. The van der Waals surface area contributed by atoms with Gasteiger partial charge in [-0.2, -0.15) is 0 Å². The number of carbonyl (C=O) groups excluding carboxylic acids is 1. The van der Waals surface area contributed by atoms with Crippen LogP contribution in [0.5, 0.6) is 11.5 Å². The number of aromatic hydroxyl groups is 1. The molecule has 0 bridgehead atoms. The van der Waals surface area contributed by atoms with E-state index < -0.39 is 0 Å². The van der Waals surface area contributed by atoms with E-state index in [4.69, 9.17) is 4.74 Å². The number of nitrogens with one attached hydrogen (secondary N) is 1. The topological polar surface area (TPSA) is 65.0 Å². The summed E-state index contributed by atoms with van der Waals surface area (Å²) in [5.74, 6) is 0.639. The first-order valence-corrected chi connectivity index (χ1v) is 11.3. The molecule has 0 aliphatic heterocycles. The summed E-state index contributed by atoms with van der Waals surface area (Å²) in [5.41, 5.74) is 3.51. The van der Waals surface area contributed by atoms with Crippen molar-refractivity contribution in [3.8, 4) is 11.5 Å². The Hall–Kier alpha value is -3.51. The Morgan fingerprint density at radius 3 is 2.24 bits per heavy atom. The van der Waals surface area contributed by atoms with Gasteiger partial charge in [-0.25, -0.2) is 0 Å². The van der Waals surface area contributed by atoms with Crippen LogP contribution in [0.15, 0.2) is 72.8 Å². The lowest BCUT2D eigenvalue weighted by molar-refractivity contribution is 0.0946. The zero-order chi connectivity index (χ0) is 23.6. The highest BCUT2D eigenvalue weighted by atomic mass is 16.5. The maximum Gasteiger partial charge on any atom is 0.255 e. The molecule has 3 rings (SSSR count). The normalized spacial score (nSPS) is 10.8. The SMILES string of the molecule is CCN(CC)CCNC(=O)c1ccc(CN(c2ccccc2)c2ccc(O)cc2)cc1OC. The number of para-hydroxylation sites is 1. The average molecular weight is 448 g/mol. The van der Waals surface area contributed by atoms with Gasteiger partial charge in [-0.05, 0) is 67.2 Å². The van der Waals surface area contributed by atoms with Crippen molar-refractivity contribution in [1.82, 2.24) is 10.2 Å². The monoisotopic (exact) mass is 447 g/mol. The first-order valence-electron chi connectivity index (χ1n) is 11.3. The summed E-state index contributed by atoms with van der Waals surface area (Å²) in [6, 6.07) is 22.9. The second-order valence-corrected chi connectivity index (χ2v) is 7.76. The van der Waals surface area contributed by atoms with Crippen LogP contribution in [0.25, 0.3) is 0 Å². The molecule has 3 aromatic carbocycles. The minimum absolute atomic E-state index is 0.135. The van der Waals surface area contributed by atoms with Gasteiger partial charge in [0.05, 0.1) is 12.7 Å². The fourth-order valence-corrected chi connectivity index (χ4v) is 3.74. The van der Waals surface area contributed by atoms with E-state index >= 15 is 0 Å². The van der Waals surface area contributed by atoms with E-state index in [9.17, 15) is 9.90 Å². The van der Waals surface area contributed by atoms with Crippen molar-refractivity contribution in [3.05, 3.63) is 83.9 Å². The van der Waals surface area contributed by atoms with Crippen LogP contribution in [0.3, 0.4) is 0 Å². The second kappa shape index (κ2) is 11.9. The van der Waals surface area contributed by atoms with Gasteiger partial charge in [-0.15, -0.1) is 0 Å². The molecule has 0 aliphatic carbocycles. The molecule has 0 fully saturated rings. The summed E-state index contributed by atoms with van der Waals surface area (Å²) in [5, 5.41) is 12.7. The summed E-state index contributed by atoms with van der Waals surface area (Å²) in [4.78, 5) is 17.2. The van der Waals surface area contributed by atoms with Gasteiger partial charge in [0.2, 0.25) is 0 Å². The maximum absolute atomic E-state index is 12.7. The maximum atomic E-state index is 12.7. The molecule has 0 heterocycles. The standard InChI is InChI=1S/C27H33N3O3/c1-4-29(5-2)18-17-28-27(32)25-16-11-21(19-26(25)33-3)20-30(22-9-7-6-8-10-22)23-12-14-24(31)15-13-23/h6-16,19,31H,4-5,17-18,20H2,1-3H3,(H,28,32). The molecule has 0 unspecified atom stereocenters. The van der Waals surface area contributed by atoms with Gasteiger partial charge in [0.1, 0.15) is 11.5 Å². The highest BCUT2D eigenvalue weighted by molar-refractivity contribution is 5.97. The highest BCUT2D eigenvalue weighted by Crippen LogP contribution is 2.30. The summed E-state index contributed by atoms with van der Waals surface area (Å²) in [7, 11) is 1.58. The number of methoxy groups -OCH3 is 1. The summed E-state index contributed by atoms with van der Waals surface area (Å²) in [6.45, 7) is 8.14. The van der Waals surface area contributed by atoms with Crippen molar-refractivity contribution in [2.75, 3.05) is 38.2 Å². The summed E-state index contributed by atoms with van der Waals surface area (Å²) < 4.78 is 5.56. The fourth-order valence-electron chi connectivity index (χ4n) is 3.74. The van der Waals surface area contributed by atoms with Gasteiger partial charge in [0.25, 0.3) is 5.91 Å². The van der Waals surface area contributed by atoms with Crippen LogP contribution < -0.4 is 15.0 Å². The molecule has 174 valence electrons. The van der Waals surface area contributed by atoms with Gasteiger partial charge in [-0.3, -0.25) is 4.79 Å². The molecule has 0 spiro atoms. The Bertz CT molecular complexity index is 1020. The quantitative estimate of drug-likeness (QED) is 0.442. The van der Waals surface area contributed by atoms with Gasteiger partial charge in [-0.1, -0.05) is 38.1 Å². The average Bonchev–Trinajstić information content (AvgIpc) is 2.86. The van der Waals surface area contributed by atoms with Crippen LogP contribution in [0.1, 0.15) is 29.8 Å². The van der Waals surface area contributed by atoms with Crippen molar-refractivity contribution in [1.29, 1.82) is 0 Å². The van der Waals surface area contributed by atoms with Crippen LogP contribution in [0.2, 0.25) is 0 Å². The molecule has 0 saturated carbocycles. The first-order chi connectivity index (χ1) is 16.0. The lowest BCUT2D eigenvalue weighted by atomic mass is 10.1. The first kappa shape index (κ1) is 24.1. The van der Waals surface area contributed by atoms with Gasteiger partial charge in [0.15, 0.2) is 0 Å². The molecule has 33 heavy (non-hydrogen) atoms. The molecule has 0 atom stereocenters. The van der Waals surface area contributed by atoms with Crippen LogP contribution in [-0.4, -0.2) is 49.2 Å². The van der Waals surface area contributed by atoms with E-state index in [0.717, 1.165) is 36.6 Å². The number of phenols is 1. The number of likely N-dealkylation sites (N-methyl/N-ethyl adjacent to an activating group) is 1. The van der Waals surface area contributed by atoms with Crippen molar-refractivity contribution in [2.45, 2.75) is 20.4 Å². The molecular formula is C27H33N3O3. The molecule has 0 saturated heterocycles. The smallest absolute Gasteiger partial charge is 0.255 e. The van der Waals surface area contributed by atoms with Crippen molar-refractivity contribution >= 4 is 17.3 Å². The number of hydrogen-bond donors (Lipinski definition) is 2. The number of carbonyl (C=O) groups is 1. The third kappa shape index (κ3) is 6.49. The molecule has 0 radical (unpaired) electrons. The molecule has 2 N–H and O–H groups in total. The Morgan fingerprint density at radius 1 is 0.939 bits per heavy atom. The van der Waals surface area contributed by atoms with E-state index in [2.05, 4.69) is 29.0 Å². The van der Waals surface area contributed by atoms with Crippen LogP contribution in [0, 0.1) is 0 Å². The van der Waals surface area contributed by atoms with E-state index in [-0.39, 0.29) is 11.7 Å². The molecule has 3 aromatic rings. The van der Waals surface area contributed by atoms with Crippen LogP contribution in [-0.2, 0) is 6.54 Å². The molecule has 0 aliphatic rings. The van der Waals surface area contributed by atoms with Gasteiger partial charge in [0, 0.05) is 31.0 Å². The second-order valence-electron chi connectivity index (χ2n) is 7.76. The van der Waals surface area contributed by atoms with Crippen molar-refractivity contribution < 1.29 is 14.6 Å². The largest absolute Gasteiger partial charge is 0.508 e. The van der Waals surface area contributed by atoms with Crippen molar-refractivity contribution in [2.24, 2.45) is 0 Å². The molecule has 1 amide bonds. The fraction of sp³-hybridized carbons (Fsp3) is 0.296. The van der Waals surface area contributed by atoms with Crippen molar-refractivity contribution in [3.63, 3.8) is 0 Å². The number of phenolic OH excluding ortho intramolecular Hbond substituents is 1. The zero-order valence-electron chi connectivity index (χ0n) is 19.6. The number of benzene rings is 3. The Kier molecular flexibility index (Phi) is 8.72. The zero-order valence-corrected chi connectivity index (χ0v) is 19.6. The lowest BCUT2D eigenvalue weighted by Gasteiger charge is -2.25. The number of amides is 1. The number of anilines is 2. The van der Waals surface area contributed by atoms with Gasteiger partial charge >= 0.3 is 0 Å². The van der Waals surface area contributed by atoms with E-state index in [0.29, 0.717) is 24.4 Å². The summed E-state index contributed by atoms with van der Waals surface area (Å²) >= 11 is 0. The number of hydrogen-bond acceptors (Lipinski definition) is 5. The number of ether oxygens (including phenoxy) is 1. The van der Waals surface area contributed by atoms with Crippen LogP contribution in [0.4, 0.5) is 11.4 Å². The van der Waals surface area contributed by atoms with E-state index in [1.54, 1.807) is 19.2 Å². The van der Waals surface area contributed by atoms with Gasteiger partial charge < -0.3 is 25.0 Å². The molecule has 6 nitrogen and oxygen atoms in total. The predicted molar refractivity (Wildman–Crippen MR) is 134 cm³/mol. The molecular weight excluding hydrogens is 414 g/mol.